The van der Waals surface area contributed by atoms with Crippen LogP contribution in [0.25, 0.3) is 108 Å². The second-order valence-corrected chi connectivity index (χ2v) is 25.6. The van der Waals surface area contributed by atoms with Gasteiger partial charge in [0.15, 0.2) is 0 Å². The normalized spacial score (nSPS) is 13.0. The van der Waals surface area contributed by atoms with Crippen molar-refractivity contribution in [3.63, 3.8) is 0 Å². The summed E-state index contributed by atoms with van der Waals surface area (Å²) in [4.78, 5) is 7.46. The molecule has 1 spiro atoms. The number of thiophene rings is 1. The van der Waals surface area contributed by atoms with Crippen molar-refractivity contribution in [3.05, 3.63) is 326 Å². The highest BCUT2D eigenvalue weighted by molar-refractivity contribution is 7.99. The first-order valence-electron chi connectivity index (χ1n) is 30.3. The number of rotatable bonds is 8. The summed E-state index contributed by atoms with van der Waals surface area (Å²) < 4.78 is 16.4. The maximum Gasteiger partial charge on any atom is 0.143 e. The van der Waals surface area contributed by atoms with Gasteiger partial charge in [0.2, 0.25) is 0 Å². The van der Waals surface area contributed by atoms with Crippen LogP contribution in [-0.4, -0.2) is 0 Å². The maximum atomic E-state index is 6.97. The molecule has 6 heteroatoms. The molecular weight excluding hydrogens is 1120 g/mol. The highest BCUT2D eigenvalue weighted by atomic mass is 32.2. The molecule has 0 atom stereocenters. The summed E-state index contributed by atoms with van der Waals surface area (Å²) in [7, 11) is 0. The highest BCUT2D eigenvalue weighted by Gasteiger charge is 2.51. The van der Waals surface area contributed by atoms with Crippen LogP contribution in [0.1, 0.15) is 22.3 Å². The summed E-state index contributed by atoms with van der Waals surface area (Å²) >= 11 is 3.72. The molecule has 4 heterocycles. The van der Waals surface area contributed by atoms with Crippen LogP contribution in [0.3, 0.4) is 0 Å². The first-order chi connectivity index (χ1) is 44.1. The number of fused-ring (bicyclic) bond motifs is 19. The van der Waals surface area contributed by atoms with Crippen LogP contribution in [0.4, 0.5) is 34.1 Å². The lowest BCUT2D eigenvalue weighted by molar-refractivity contribution is 0.669. The van der Waals surface area contributed by atoms with E-state index in [1.807, 2.05) is 23.1 Å². The maximum absolute atomic E-state index is 6.97. The quantitative estimate of drug-likeness (QED) is 0.151. The molecule has 89 heavy (non-hydrogen) atoms. The average molecular weight is 1170 g/mol. The molecule has 416 valence electrons. The molecule has 17 aromatic rings. The Morgan fingerprint density at radius 3 is 1.74 bits per heavy atom. The molecule has 4 nitrogen and oxygen atoms in total. The Morgan fingerprint density at radius 2 is 0.921 bits per heavy atom. The summed E-state index contributed by atoms with van der Waals surface area (Å²) in [5.74, 6) is 0. The topological polar surface area (TPSA) is 32.8 Å². The van der Waals surface area contributed by atoms with E-state index < -0.39 is 5.41 Å². The Bertz CT molecular complexity index is 5710. The van der Waals surface area contributed by atoms with Crippen molar-refractivity contribution in [3.8, 4) is 33.4 Å². The van der Waals surface area contributed by atoms with Crippen LogP contribution in [-0.2, 0) is 5.41 Å². The highest BCUT2D eigenvalue weighted by Crippen LogP contribution is 2.65. The summed E-state index contributed by atoms with van der Waals surface area (Å²) in [6.07, 6.45) is 0. The molecular formula is C83H50N2O2S2. The lowest BCUT2D eigenvalue weighted by atomic mass is 9.67. The third kappa shape index (κ3) is 7.55. The fourth-order valence-corrected chi connectivity index (χ4v) is 17.2. The summed E-state index contributed by atoms with van der Waals surface area (Å²) in [5, 5.41) is 9.20. The zero-order chi connectivity index (χ0) is 58.3. The predicted molar refractivity (Wildman–Crippen MR) is 373 cm³/mol. The van der Waals surface area contributed by atoms with Crippen LogP contribution >= 0.6 is 23.1 Å². The zero-order valence-electron chi connectivity index (χ0n) is 47.9. The van der Waals surface area contributed by atoms with Crippen molar-refractivity contribution in [1.29, 1.82) is 0 Å². The zero-order valence-corrected chi connectivity index (χ0v) is 49.5. The van der Waals surface area contributed by atoms with Crippen molar-refractivity contribution in [2.45, 2.75) is 15.2 Å². The number of para-hydroxylation sites is 3. The third-order valence-corrected chi connectivity index (χ3v) is 20.9. The molecule has 0 fully saturated rings. The Balaban J connectivity index is 0.905. The first-order valence-corrected chi connectivity index (χ1v) is 31.9. The van der Waals surface area contributed by atoms with Crippen molar-refractivity contribution in [2.75, 3.05) is 9.80 Å². The molecule has 0 N–H and O–H groups in total. The van der Waals surface area contributed by atoms with Crippen molar-refractivity contribution >= 4 is 132 Å². The van der Waals surface area contributed by atoms with E-state index in [0.29, 0.717) is 0 Å². The number of nitrogens with zero attached hydrogens (tertiary/aromatic N) is 2. The summed E-state index contributed by atoms with van der Waals surface area (Å²) in [5.41, 5.74) is 20.7. The van der Waals surface area contributed by atoms with E-state index in [2.05, 4.69) is 313 Å². The Hall–Kier alpha value is -10.9. The van der Waals surface area contributed by atoms with Crippen LogP contribution in [0.2, 0.25) is 0 Å². The number of anilines is 6. The fourth-order valence-electron chi connectivity index (χ4n) is 14.9. The Labute approximate surface area is 521 Å². The Kier molecular flexibility index (Phi) is 11.1. The van der Waals surface area contributed by atoms with Gasteiger partial charge in [0.05, 0.1) is 16.8 Å². The first kappa shape index (κ1) is 50.3. The van der Waals surface area contributed by atoms with Gasteiger partial charge in [-0.3, -0.25) is 0 Å². The largest absolute Gasteiger partial charge is 0.456 e. The molecule has 3 aromatic heterocycles. The smallest absolute Gasteiger partial charge is 0.143 e. The third-order valence-electron chi connectivity index (χ3n) is 18.6. The van der Waals surface area contributed by atoms with Gasteiger partial charge in [0.1, 0.15) is 22.3 Å². The number of furan rings is 2. The van der Waals surface area contributed by atoms with Gasteiger partial charge in [-0.25, -0.2) is 0 Å². The van der Waals surface area contributed by atoms with Gasteiger partial charge in [0, 0.05) is 91.5 Å². The molecule has 0 amide bonds. The van der Waals surface area contributed by atoms with E-state index >= 15 is 0 Å². The van der Waals surface area contributed by atoms with Gasteiger partial charge in [-0.15, -0.1) is 11.3 Å². The molecule has 1 aliphatic heterocycles. The molecule has 1 aliphatic carbocycles. The minimum atomic E-state index is -0.741. The number of hydrogen-bond acceptors (Lipinski definition) is 6. The van der Waals surface area contributed by atoms with Crippen LogP contribution in [0, 0.1) is 0 Å². The second-order valence-electron chi connectivity index (χ2n) is 23.4. The minimum absolute atomic E-state index is 0.741. The molecule has 2 aliphatic rings. The van der Waals surface area contributed by atoms with E-state index in [9.17, 15) is 0 Å². The van der Waals surface area contributed by atoms with Crippen LogP contribution < -0.4 is 9.80 Å². The van der Waals surface area contributed by atoms with E-state index in [1.165, 1.54) is 74.1 Å². The summed E-state index contributed by atoms with van der Waals surface area (Å²) in [6, 6.07) is 112. The molecule has 0 radical (unpaired) electrons. The van der Waals surface area contributed by atoms with Gasteiger partial charge in [0.25, 0.3) is 0 Å². The van der Waals surface area contributed by atoms with Gasteiger partial charge < -0.3 is 18.6 Å². The van der Waals surface area contributed by atoms with Gasteiger partial charge >= 0.3 is 0 Å². The molecule has 19 rings (SSSR count). The monoisotopic (exact) mass is 1170 g/mol. The Morgan fingerprint density at radius 1 is 0.303 bits per heavy atom. The SMILES string of the molecule is c1ccc(-c2cc(N(c3ccc4sc5ccccc5c4c3)c3cccc4c3-c3ccc(N(c5ccccc5)c5cc(-c6ccc7ccccc7c6)c6oc7ccccc7c6c5)cc3C43c4ccccc4Sc4ccccc43)cc3oc4ccccc4c23)cc1. The van der Waals surface area contributed by atoms with E-state index in [4.69, 9.17) is 8.83 Å². The van der Waals surface area contributed by atoms with Crippen molar-refractivity contribution in [2.24, 2.45) is 0 Å². The van der Waals surface area contributed by atoms with E-state index in [1.54, 1.807) is 0 Å². The van der Waals surface area contributed by atoms with Crippen molar-refractivity contribution < 1.29 is 8.83 Å². The van der Waals surface area contributed by atoms with E-state index in [0.717, 1.165) is 100 Å². The molecule has 14 aromatic carbocycles. The second kappa shape index (κ2) is 19.6. The van der Waals surface area contributed by atoms with Gasteiger partial charge in [-0.2, -0.15) is 0 Å². The molecule has 0 saturated carbocycles. The molecule has 0 saturated heterocycles. The predicted octanol–water partition coefficient (Wildman–Crippen LogP) is 24.1. The standard InChI is InChI=1S/C83H50N2O2S2/c1-3-21-52(22-4-1)64-46-59(50-75-80(64)63-28-10-15-34-74(63)86-75)85(56-41-43-77-66(45-56)61-27-11-16-35-76(61)88-77)72-32-19-31-70-81(72)62-42-40-57(49-71(62)83(70)68-29-12-17-36-78(68)89-79-37-18-13-30-69(79)83)84(55-24-5-2-6-25-55)58-47-65(54-39-38-51-20-7-8-23-53(51)44-54)82-67(48-58)60-26-9-14-33-73(60)87-82/h1-50H. The molecule has 0 unspecified atom stereocenters. The minimum Gasteiger partial charge on any atom is -0.456 e. The fraction of sp³-hybridized carbons (Fsp3) is 0.0120. The lowest BCUT2D eigenvalue weighted by Gasteiger charge is -2.40. The van der Waals surface area contributed by atoms with E-state index in [-0.39, 0.29) is 0 Å². The lowest BCUT2D eigenvalue weighted by Crippen LogP contribution is -2.32. The van der Waals surface area contributed by atoms with Crippen LogP contribution in [0.5, 0.6) is 0 Å². The number of benzene rings is 14. The van der Waals surface area contributed by atoms with Gasteiger partial charge in [-0.05, 0) is 158 Å². The number of hydrogen-bond donors (Lipinski definition) is 0. The summed E-state index contributed by atoms with van der Waals surface area (Å²) in [6.45, 7) is 0. The average Bonchev–Trinajstić information content (AvgIpc) is 1.56. The van der Waals surface area contributed by atoms with Crippen molar-refractivity contribution in [1.82, 2.24) is 0 Å². The van der Waals surface area contributed by atoms with Gasteiger partial charge in [-0.1, -0.05) is 206 Å². The van der Waals surface area contributed by atoms with Crippen LogP contribution in [0.15, 0.2) is 322 Å². The molecule has 0 bridgehead atoms.